The van der Waals surface area contributed by atoms with E-state index in [1.165, 1.54) is 24.0 Å². The van der Waals surface area contributed by atoms with Crippen molar-refractivity contribution in [3.05, 3.63) is 64.2 Å². The molecular weight excluding hydrogens is 322 g/mol. The summed E-state index contributed by atoms with van der Waals surface area (Å²) in [5.41, 5.74) is 5.63. The lowest BCUT2D eigenvalue weighted by atomic mass is 9.92. The third-order valence-corrected chi connectivity index (χ3v) is 6.42. The van der Waals surface area contributed by atoms with Crippen LogP contribution in [0.1, 0.15) is 66.0 Å². The van der Waals surface area contributed by atoms with Gasteiger partial charge in [0.1, 0.15) is 5.75 Å². The van der Waals surface area contributed by atoms with Crippen LogP contribution in [0, 0.1) is 19.8 Å². The molecule has 26 heavy (non-hydrogen) atoms. The topological polar surface area (TPSA) is 40.5 Å². The Morgan fingerprint density at radius 3 is 2.62 bits per heavy atom. The summed E-state index contributed by atoms with van der Waals surface area (Å²) in [5, 5.41) is 10.6. The van der Waals surface area contributed by atoms with Gasteiger partial charge in [0.2, 0.25) is 5.91 Å². The molecule has 3 heteroatoms. The van der Waals surface area contributed by atoms with Gasteiger partial charge in [0.25, 0.3) is 0 Å². The number of aromatic hydroxyl groups is 1. The van der Waals surface area contributed by atoms with E-state index in [4.69, 9.17) is 0 Å². The highest BCUT2D eigenvalue weighted by Crippen LogP contribution is 2.58. The van der Waals surface area contributed by atoms with Crippen molar-refractivity contribution in [3.8, 4) is 5.75 Å². The van der Waals surface area contributed by atoms with Crippen LogP contribution in [0.25, 0.3) is 0 Å². The van der Waals surface area contributed by atoms with Crippen LogP contribution in [0.3, 0.4) is 0 Å². The number of phenolic OH excluding ortho intramolecular Hbond substituents is 1. The highest BCUT2D eigenvalue weighted by atomic mass is 16.3. The number of benzene rings is 2. The molecule has 2 aromatic rings. The fourth-order valence-electron chi connectivity index (χ4n) is 5.26. The maximum atomic E-state index is 12.7. The lowest BCUT2D eigenvalue weighted by molar-refractivity contribution is -0.133. The fraction of sp³-hybridized carbons (Fsp3) is 0.435. The van der Waals surface area contributed by atoms with E-state index >= 15 is 0 Å². The van der Waals surface area contributed by atoms with Gasteiger partial charge in [-0.1, -0.05) is 42.8 Å². The summed E-state index contributed by atoms with van der Waals surface area (Å²) in [6, 6.07) is 12.5. The zero-order valence-electron chi connectivity index (χ0n) is 15.8. The predicted molar refractivity (Wildman–Crippen MR) is 103 cm³/mol. The molecule has 0 bridgehead atoms. The second-order valence-corrected chi connectivity index (χ2v) is 7.95. The summed E-state index contributed by atoms with van der Waals surface area (Å²) in [4.78, 5) is 14.7. The molecule has 4 rings (SSSR count). The molecule has 1 N–H and O–H groups in total. The molecule has 1 saturated carbocycles. The summed E-state index contributed by atoms with van der Waals surface area (Å²) in [6.45, 7) is 6.29. The number of amides is 1. The van der Waals surface area contributed by atoms with Gasteiger partial charge in [-0.25, -0.2) is 0 Å². The molecule has 0 spiro atoms. The fourth-order valence-corrected chi connectivity index (χ4v) is 5.26. The van der Waals surface area contributed by atoms with E-state index in [0.717, 1.165) is 23.1 Å². The summed E-state index contributed by atoms with van der Waals surface area (Å²) in [6.07, 6.45) is 3.57. The first kappa shape index (κ1) is 17.1. The van der Waals surface area contributed by atoms with Crippen LogP contribution in [-0.2, 0) is 11.3 Å². The lowest BCUT2D eigenvalue weighted by Gasteiger charge is -2.34. The van der Waals surface area contributed by atoms with Gasteiger partial charge in [0, 0.05) is 13.5 Å². The monoisotopic (exact) mass is 349 g/mol. The summed E-state index contributed by atoms with van der Waals surface area (Å²) in [7, 11) is 0. The SMILES string of the molecule is CC(=O)N(Cc1ccccc1)[C@@H]1c2c(cc(C)c(O)c2C)[C@H]2CCC[C@H]21. The Kier molecular flexibility index (Phi) is 4.26. The van der Waals surface area contributed by atoms with E-state index in [1.807, 2.05) is 36.9 Å². The van der Waals surface area contributed by atoms with E-state index in [-0.39, 0.29) is 11.9 Å². The highest BCUT2D eigenvalue weighted by Gasteiger charge is 2.47. The Labute approximate surface area is 155 Å². The first-order valence-corrected chi connectivity index (χ1v) is 9.63. The summed E-state index contributed by atoms with van der Waals surface area (Å²) in [5.74, 6) is 1.48. The van der Waals surface area contributed by atoms with Gasteiger partial charge in [-0.3, -0.25) is 4.79 Å². The molecule has 0 radical (unpaired) electrons. The Morgan fingerprint density at radius 1 is 1.19 bits per heavy atom. The summed E-state index contributed by atoms with van der Waals surface area (Å²) >= 11 is 0. The van der Waals surface area contributed by atoms with E-state index < -0.39 is 0 Å². The minimum Gasteiger partial charge on any atom is -0.507 e. The van der Waals surface area contributed by atoms with Crippen molar-refractivity contribution >= 4 is 5.91 Å². The third-order valence-electron chi connectivity index (χ3n) is 6.42. The van der Waals surface area contributed by atoms with Gasteiger partial charge in [-0.05, 0) is 66.3 Å². The average Bonchev–Trinajstić information content (AvgIpc) is 3.20. The van der Waals surface area contributed by atoms with Gasteiger partial charge in [0.05, 0.1) is 6.04 Å². The smallest absolute Gasteiger partial charge is 0.220 e. The van der Waals surface area contributed by atoms with Gasteiger partial charge in [0.15, 0.2) is 0 Å². The van der Waals surface area contributed by atoms with E-state index in [1.54, 1.807) is 6.92 Å². The zero-order chi connectivity index (χ0) is 18.4. The van der Waals surface area contributed by atoms with Gasteiger partial charge >= 0.3 is 0 Å². The van der Waals surface area contributed by atoms with Crippen LogP contribution in [0.5, 0.6) is 5.75 Å². The second kappa shape index (κ2) is 6.46. The van der Waals surface area contributed by atoms with Gasteiger partial charge < -0.3 is 10.0 Å². The quantitative estimate of drug-likeness (QED) is 0.847. The molecule has 0 heterocycles. The number of aryl methyl sites for hydroxylation is 1. The number of carbonyl (C=O) groups excluding carboxylic acids is 1. The molecule has 0 unspecified atom stereocenters. The molecule has 3 atom stereocenters. The molecule has 3 nitrogen and oxygen atoms in total. The predicted octanol–water partition coefficient (Wildman–Crippen LogP) is 5.00. The van der Waals surface area contributed by atoms with Crippen LogP contribution in [0.15, 0.2) is 36.4 Å². The van der Waals surface area contributed by atoms with Crippen molar-refractivity contribution < 1.29 is 9.90 Å². The molecule has 0 aliphatic heterocycles. The molecule has 1 amide bonds. The Morgan fingerprint density at radius 2 is 1.92 bits per heavy atom. The number of nitrogens with zero attached hydrogens (tertiary/aromatic N) is 1. The van der Waals surface area contributed by atoms with Crippen LogP contribution in [0.2, 0.25) is 0 Å². The lowest BCUT2D eigenvalue weighted by Crippen LogP contribution is -2.35. The van der Waals surface area contributed by atoms with Crippen molar-refractivity contribution in [2.45, 2.75) is 58.5 Å². The second-order valence-electron chi connectivity index (χ2n) is 7.95. The average molecular weight is 349 g/mol. The maximum Gasteiger partial charge on any atom is 0.220 e. The Hall–Kier alpha value is -2.29. The molecule has 2 aliphatic carbocycles. The summed E-state index contributed by atoms with van der Waals surface area (Å²) < 4.78 is 0. The number of hydrogen-bond donors (Lipinski definition) is 1. The minimum atomic E-state index is 0.0710. The standard InChI is InChI=1S/C23H27NO2/c1-14-12-20-18-10-7-11-19(18)22(21(20)15(2)23(14)26)24(16(3)25)13-17-8-5-4-6-9-17/h4-6,8-9,12,18-19,22,26H,7,10-11,13H2,1-3H3/t18-,19+,22-/m0/s1. The third kappa shape index (κ3) is 2.61. The zero-order valence-corrected chi connectivity index (χ0v) is 15.8. The van der Waals surface area contributed by atoms with Gasteiger partial charge in [-0.15, -0.1) is 0 Å². The number of phenols is 1. The largest absolute Gasteiger partial charge is 0.507 e. The maximum absolute atomic E-state index is 12.7. The van der Waals surface area contributed by atoms with Crippen LogP contribution in [0.4, 0.5) is 0 Å². The molecular formula is C23H27NO2. The van der Waals surface area contributed by atoms with Crippen LogP contribution < -0.4 is 0 Å². The van der Waals surface area contributed by atoms with E-state index in [0.29, 0.717) is 24.1 Å². The van der Waals surface area contributed by atoms with Crippen molar-refractivity contribution in [2.75, 3.05) is 0 Å². The molecule has 136 valence electrons. The molecule has 0 saturated heterocycles. The van der Waals surface area contributed by atoms with E-state index in [9.17, 15) is 9.90 Å². The molecule has 1 fully saturated rings. The Balaban J connectivity index is 1.82. The highest BCUT2D eigenvalue weighted by molar-refractivity contribution is 5.75. The first-order valence-electron chi connectivity index (χ1n) is 9.63. The Bertz CT molecular complexity index is 843. The van der Waals surface area contributed by atoms with Crippen molar-refractivity contribution in [2.24, 2.45) is 5.92 Å². The number of rotatable bonds is 3. The number of carbonyl (C=O) groups is 1. The van der Waals surface area contributed by atoms with Crippen LogP contribution >= 0.6 is 0 Å². The van der Waals surface area contributed by atoms with Gasteiger partial charge in [-0.2, -0.15) is 0 Å². The normalized spacial score (nSPS) is 23.6. The van der Waals surface area contributed by atoms with Crippen LogP contribution in [-0.4, -0.2) is 15.9 Å². The molecule has 0 aromatic heterocycles. The number of fused-ring (bicyclic) bond motifs is 3. The van der Waals surface area contributed by atoms with Crippen molar-refractivity contribution in [1.29, 1.82) is 0 Å². The minimum absolute atomic E-state index is 0.0710. The first-order chi connectivity index (χ1) is 12.5. The molecule has 2 aliphatic rings. The van der Waals surface area contributed by atoms with E-state index in [2.05, 4.69) is 18.2 Å². The molecule has 2 aromatic carbocycles. The van der Waals surface area contributed by atoms with Crippen molar-refractivity contribution in [1.82, 2.24) is 4.90 Å². The number of hydrogen-bond acceptors (Lipinski definition) is 2. The van der Waals surface area contributed by atoms with Crippen molar-refractivity contribution in [3.63, 3.8) is 0 Å².